The largest absolute Gasteiger partial charge is 0.370 e. The molecular weight excluding hydrogens is 315 g/mol. The Morgan fingerprint density at radius 2 is 1.84 bits per heavy atom. The highest BCUT2D eigenvalue weighted by Gasteiger charge is 2.24. The van der Waals surface area contributed by atoms with Crippen LogP contribution in [0.4, 0.5) is 10.1 Å². The maximum Gasteiger partial charge on any atom is 0.153 e. The van der Waals surface area contributed by atoms with Gasteiger partial charge in [0.15, 0.2) is 6.29 Å². The van der Waals surface area contributed by atoms with Crippen molar-refractivity contribution in [1.82, 2.24) is 4.98 Å². The second kappa shape index (κ2) is 6.63. The Morgan fingerprint density at radius 1 is 1.08 bits per heavy atom. The van der Waals surface area contributed by atoms with Gasteiger partial charge < -0.3 is 4.90 Å². The van der Waals surface area contributed by atoms with Gasteiger partial charge in [-0.2, -0.15) is 0 Å². The van der Waals surface area contributed by atoms with Crippen LogP contribution in [0.3, 0.4) is 0 Å². The maximum absolute atomic E-state index is 13.8. The molecule has 1 aliphatic rings. The van der Waals surface area contributed by atoms with E-state index < -0.39 is 0 Å². The summed E-state index contributed by atoms with van der Waals surface area (Å²) in [6.07, 6.45) is 4.44. The van der Waals surface area contributed by atoms with Crippen molar-refractivity contribution in [2.24, 2.45) is 0 Å². The van der Waals surface area contributed by atoms with Crippen LogP contribution in [0.25, 0.3) is 10.9 Å². The third kappa shape index (κ3) is 3.00. The highest BCUT2D eigenvalue weighted by molar-refractivity contribution is 6.00. The Balaban J connectivity index is 1.66. The molecule has 2 aromatic carbocycles. The van der Waals surface area contributed by atoms with Gasteiger partial charge in [-0.3, -0.25) is 9.78 Å². The lowest BCUT2D eigenvalue weighted by atomic mass is 9.89. The Bertz CT molecular complexity index is 902. The Morgan fingerprint density at radius 3 is 2.56 bits per heavy atom. The van der Waals surface area contributed by atoms with Gasteiger partial charge in [-0.05, 0) is 42.5 Å². The monoisotopic (exact) mass is 334 g/mol. The lowest BCUT2D eigenvalue weighted by Gasteiger charge is -2.35. The standard InChI is InChI=1S/C21H19FN2O/c22-18-6-7-20-19(12-18)21(17(14-25)13-23-20)24-10-8-16(9-11-24)15-4-2-1-3-5-15/h1-7,12-14,16H,8-11H2. The number of halogens is 1. The summed E-state index contributed by atoms with van der Waals surface area (Å²) in [6, 6.07) is 15.1. The molecule has 0 bridgehead atoms. The van der Waals surface area contributed by atoms with E-state index in [2.05, 4.69) is 34.1 Å². The number of fused-ring (bicyclic) bond motifs is 1. The van der Waals surface area contributed by atoms with E-state index in [-0.39, 0.29) is 5.82 Å². The molecule has 0 spiro atoms. The van der Waals surface area contributed by atoms with Crippen LogP contribution in [0.1, 0.15) is 34.7 Å². The molecule has 0 unspecified atom stereocenters. The third-order valence-electron chi connectivity index (χ3n) is 5.04. The highest BCUT2D eigenvalue weighted by atomic mass is 19.1. The molecular formula is C21H19FN2O. The van der Waals surface area contributed by atoms with Crippen molar-refractivity contribution < 1.29 is 9.18 Å². The van der Waals surface area contributed by atoms with Gasteiger partial charge >= 0.3 is 0 Å². The molecule has 3 aromatic rings. The molecule has 1 aromatic heterocycles. The van der Waals surface area contributed by atoms with Gasteiger partial charge in [0, 0.05) is 24.7 Å². The first-order valence-corrected chi connectivity index (χ1v) is 8.59. The number of rotatable bonds is 3. The topological polar surface area (TPSA) is 33.2 Å². The van der Waals surface area contributed by atoms with Crippen molar-refractivity contribution in [3.63, 3.8) is 0 Å². The zero-order valence-electron chi connectivity index (χ0n) is 13.9. The summed E-state index contributed by atoms with van der Waals surface area (Å²) in [5, 5.41) is 0.711. The fourth-order valence-electron chi connectivity index (χ4n) is 3.77. The minimum absolute atomic E-state index is 0.308. The number of anilines is 1. The zero-order valence-corrected chi connectivity index (χ0v) is 13.9. The van der Waals surface area contributed by atoms with Crippen molar-refractivity contribution >= 4 is 22.9 Å². The summed E-state index contributed by atoms with van der Waals surface area (Å²) in [7, 11) is 0. The number of nitrogens with zero attached hydrogens (tertiary/aromatic N) is 2. The average Bonchev–Trinajstić information content (AvgIpc) is 2.68. The summed E-state index contributed by atoms with van der Waals surface area (Å²) in [5.74, 6) is 0.222. The normalized spacial score (nSPS) is 15.5. The van der Waals surface area contributed by atoms with Crippen LogP contribution < -0.4 is 4.90 Å². The van der Waals surface area contributed by atoms with Crippen LogP contribution in [0, 0.1) is 5.82 Å². The van der Waals surface area contributed by atoms with Gasteiger partial charge in [0.05, 0.1) is 16.8 Å². The first-order valence-electron chi connectivity index (χ1n) is 8.59. The number of hydrogen-bond acceptors (Lipinski definition) is 3. The molecule has 1 aliphatic heterocycles. The SMILES string of the molecule is O=Cc1cnc2ccc(F)cc2c1N1CCC(c2ccccc2)CC1. The second-order valence-electron chi connectivity index (χ2n) is 6.51. The maximum atomic E-state index is 13.8. The quantitative estimate of drug-likeness (QED) is 0.658. The molecule has 0 amide bonds. The van der Waals surface area contributed by atoms with Gasteiger partial charge in [0.2, 0.25) is 0 Å². The van der Waals surface area contributed by atoms with Crippen molar-refractivity contribution in [3.05, 3.63) is 71.7 Å². The summed E-state index contributed by atoms with van der Waals surface area (Å²) in [6.45, 7) is 1.69. The van der Waals surface area contributed by atoms with E-state index in [0.717, 1.165) is 37.9 Å². The number of aldehydes is 1. The van der Waals surface area contributed by atoms with Crippen molar-refractivity contribution in [3.8, 4) is 0 Å². The first kappa shape index (κ1) is 15.8. The fraction of sp³-hybridized carbons (Fsp3) is 0.238. The van der Waals surface area contributed by atoms with Crippen LogP contribution in [-0.2, 0) is 0 Å². The fourth-order valence-corrected chi connectivity index (χ4v) is 3.77. The van der Waals surface area contributed by atoms with E-state index in [1.54, 1.807) is 12.3 Å². The molecule has 126 valence electrons. The minimum atomic E-state index is -0.308. The number of benzene rings is 2. The summed E-state index contributed by atoms with van der Waals surface area (Å²) in [5.41, 5.74) is 3.41. The number of aromatic nitrogens is 1. The molecule has 25 heavy (non-hydrogen) atoms. The number of carbonyl (C=O) groups excluding carboxylic acids is 1. The van der Waals surface area contributed by atoms with E-state index in [1.807, 2.05) is 6.07 Å². The highest BCUT2D eigenvalue weighted by Crippen LogP contribution is 2.35. The first-order chi connectivity index (χ1) is 12.3. The molecule has 1 saturated heterocycles. The zero-order chi connectivity index (χ0) is 17.2. The lowest BCUT2D eigenvalue weighted by molar-refractivity contribution is 0.112. The van der Waals surface area contributed by atoms with E-state index in [1.165, 1.54) is 17.7 Å². The van der Waals surface area contributed by atoms with E-state index in [4.69, 9.17) is 0 Å². The Labute approximate surface area is 146 Å². The van der Waals surface area contributed by atoms with Gasteiger partial charge in [-0.25, -0.2) is 4.39 Å². The van der Waals surface area contributed by atoms with Crippen LogP contribution in [0.5, 0.6) is 0 Å². The van der Waals surface area contributed by atoms with E-state index in [0.29, 0.717) is 22.4 Å². The molecule has 1 fully saturated rings. The molecule has 2 heterocycles. The molecule has 3 nitrogen and oxygen atoms in total. The van der Waals surface area contributed by atoms with Crippen molar-refractivity contribution in [1.29, 1.82) is 0 Å². The number of pyridine rings is 1. The van der Waals surface area contributed by atoms with Crippen LogP contribution in [-0.4, -0.2) is 24.4 Å². The van der Waals surface area contributed by atoms with Crippen molar-refractivity contribution in [2.75, 3.05) is 18.0 Å². The molecule has 0 radical (unpaired) electrons. The van der Waals surface area contributed by atoms with Crippen LogP contribution >= 0.6 is 0 Å². The minimum Gasteiger partial charge on any atom is -0.370 e. The van der Waals surface area contributed by atoms with Gasteiger partial charge in [0.25, 0.3) is 0 Å². The molecule has 4 heteroatoms. The predicted molar refractivity (Wildman–Crippen MR) is 97.7 cm³/mol. The molecule has 4 rings (SSSR count). The molecule has 0 aliphatic carbocycles. The Kier molecular flexibility index (Phi) is 4.18. The molecule has 0 atom stereocenters. The van der Waals surface area contributed by atoms with Crippen molar-refractivity contribution in [2.45, 2.75) is 18.8 Å². The van der Waals surface area contributed by atoms with E-state index >= 15 is 0 Å². The summed E-state index contributed by atoms with van der Waals surface area (Å²) in [4.78, 5) is 18.0. The number of hydrogen-bond donors (Lipinski definition) is 0. The average molecular weight is 334 g/mol. The third-order valence-corrected chi connectivity index (χ3v) is 5.04. The molecule has 0 saturated carbocycles. The van der Waals surface area contributed by atoms with Gasteiger partial charge in [-0.1, -0.05) is 30.3 Å². The van der Waals surface area contributed by atoms with E-state index in [9.17, 15) is 9.18 Å². The van der Waals surface area contributed by atoms with Gasteiger partial charge in [-0.15, -0.1) is 0 Å². The number of piperidine rings is 1. The van der Waals surface area contributed by atoms with Gasteiger partial charge in [0.1, 0.15) is 5.82 Å². The Hall–Kier alpha value is -2.75. The smallest absolute Gasteiger partial charge is 0.153 e. The summed E-state index contributed by atoms with van der Waals surface area (Å²) < 4.78 is 13.8. The number of carbonyl (C=O) groups is 1. The summed E-state index contributed by atoms with van der Waals surface area (Å²) >= 11 is 0. The van der Waals surface area contributed by atoms with Crippen LogP contribution in [0.2, 0.25) is 0 Å². The molecule has 0 N–H and O–H groups in total. The van der Waals surface area contributed by atoms with Crippen LogP contribution in [0.15, 0.2) is 54.7 Å². The second-order valence-corrected chi connectivity index (χ2v) is 6.51. The predicted octanol–water partition coefficient (Wildman–Crippen LogP) is 4.57. The lowest BCUT2D eigenvalue weighted by Crippen LogP contribution is -2.33.